The highest BCUT2D eigenvalue weighted by Crippen LogP contribution is 2.28. The Morgan fingerprint density at radius 3 is 2.62 bits per heavy atom. The topological polar surface area (TPSA) is 35.2 Å². The molecule has 0 saturated carbocycles. The van der Waals surface area contributed by atoms with Crippen LogP contribution in [-0.4, -0.2) is 6.04 Å². The molecular weight excluding hydrogens is 333 g/mol. The molecule has 0 heterocycles. The monoisotopic (exact) mass is 351 g/mol. The Kier molecular flexibility index (Phi) is 5.37. The fourth-order valence-corrected chi connectivity index (χ4v) is 2.41. The van der Waals surface area contributed by atoms with E-state index in [-0.39, 0.29) is 17.6 Å². The first-order valence-electron chi connectivity index (χ1n) is 6.97. The second-order valence-electron chi connectivity index (χ2n) is 5.14. The Hall–Kier alpha value is -1.39. The van der Waals surface area contributed by atoms with Crippen LogP contribution >= 0.6 is 15.9 Å². The molecule has 0 spiro atoms. The highest BCUT2D eigenvalue weighted by Gasteiger charge is 2.08. The van der Waals surface area contributed by atoms with E-state index in [9.17, 15) is 4.39 Å². The molecule has 21 heavy (non-hydrogen) atoms. The van der Waals surface area contributed by atoms with Crippen molar-refractivity contribution in [2.75, 3.05) is 0 Å². The molecule has 4 heteroatoms. The molecule has 0 aliphatic heterocycles. The summed E-state index contributed by atoms with van der Waals surface area (Å²) >= 11 is 3.23. The lowest BCUT2D eigenvalue weighted by atomic mass is 10.00. The van der Waals surface area contributed by atoms with Crippen molar-refractivity contribution in [1.29, 1.82) is 0 Å². The Morgan fingerprint density at radius 1 is 1.24 bits per heavy atom. The van der Waals surface area contributed by atoms with Gasteiger partial charge in [-0.3, -0.25) is 0 Å². The van der Waals surface area contributed by atoms with Gasteiger partial charge in [0.25, 0.3) is 0 Å². The maximum Gasteiger partial charge on any atom is 0.166 e. The van der Waals surface area contributed by atoms with Crippen LogP contribution in [0.3, 0.4) is 0 Å². The van der Waals surface area contributed by atoms with E-state index in [0.717, 1.165) is 18.4 Å². The first-order valence-corrected chi connectivity index (χ1v) is 7.77. The van der Waals surface area contributed by atoms with Crippen molar-refractivity contribution in [3.8, 4) is 11.5 Å². The van der Waals surface area contributed by atoms with Crippen molar-refractivity contribution >= 4 is 15.9 Å². The molecule has 112 valence electrons. The van der Waals surface area contributed by atoms with Gasteiger partial charge < -0.3 is 10.5 Å². The number of halogens is 2. The van der Waals surface area contributed by atoms with E-state index in [0.29, 0.717) is 10.2 Å². The zero-order valence-corrected chi connectivity index (χ0v) is 13.8. The molecule has 0 aromatic heterocycles. The van der Waals surface area contributed by atoms with Gasteiger partial charge in [0.2, 0.25) is 0 Å². The molecule has 2 rings (SSSR count). The van der Waals surface area contributed by atoms with Crippen LogP contribution < -0.4 is 10.5 Å². The van der Waals surface area contributed by atoms with E-state index >= 15 is 0 Å². The summed E-state index contributed by atoms with van der Waals surface area (Å²) in [5.74, 6) is 0.456. The van der Waals surface area contributed by atoms with Crippen molar-refractivity contribution in [2.45, 2.75) is 32.7 Å². The average Bonchev–Trinajstić information content (AvgIpc) is 2.44. The molecule has 0 aliphatic rings. The van der Waals surface area contributed by atoms with Crippen LogP contribution in [0.2, 0.25) is 0 Å². The number of aryl methyl sites for hydroxylation is 1. The SMILES string of the molecule is CCC(N)Cc1ccc(Oc2ccc(Br)cc2F)cc1C. The molecule has 2 aromatic carbocycles. The lowest BCUT2D eigenvalue weighted by Crippen LogP contribution is -2.21. The predicted octanol–water partition coefficient (Wildman–Crippen LogP) is 4.97. The second kappa shape index (κ2) is 7.05. The van der Waals surface area contributed by atoms with Crippen LogP contribution in [0.5, 0.6) is 11.5 Å². The molecular formula is C17H19BrFNO. The Bertz CT molecular complexity index is 630. The van der Waals surface area contributed by atoms with Crippen molar-refractivity contribution < 1.29 is 9.13 Å². The summed E-state index contributed by atoms with van der Waals surface area (Å²) in [6.45, 7) is 4.09. The minimum absolute atomic E-state index is 0.166. The predicted molar refractivity (Wildman–Crippen MR) is 87.3 cm³/mol. The van der Waals surface area contributed by atoms with E-state index in [4.69, 9.17) is 10.5 Å². The van der Waals surface area contributed by atoms with Gasteiger partial charge in [-0.05, 0) is 61.2 Å². The van der Waals surface area contributed by atoms with Gasteiger partial charge in [-0.1, -0.05) is 28.9 Å². The molecule has 0 aliphatic carbocycles. The van der Waals surface area contributed by atoms with Gasteiger partial charge in [0.15, 0.2) is 11.6 Å². The number of hydrogen-bond acceptors (Lipinski definition) is 2. The number of hydrogen-bond donors (Lipinski definition) is 1. The molecule has 0 fully saturated rings. The fraction of sp³-hybridized carbons (Fsp3) is 0.294. The molecule has 0 amide bonds. The van der Waals surface area contributed by atoms with Gasteiger partial charge in [-0.25, -0.2) is 4.39 Å². The zero-order chi connectivity index (χ0) is 15.4. The fourth-order valence-electron chi connectivity index (χ4n) is 2.07. The van der Waals surface area contributed by atoms with Crippen molar-refractivity contribution in [1.82, 2.24) is 0 Å². The number of nitrogens with two attached hydrogens (primary N) is 1. The van der Waals surface area contributed by atoms with Crippen LogP contribution in [0.1, 0.15) is 24.5 Å². The summed E-state index contributed by atoms with van der Waals surface area (Å²) in [4.78, 5) is 0. The van der Waals surface area contributed by atoms with Gasteiger partial charge in [0, 0.05) is 10.5 Å². The molecule has 1 unspecified atom stereocenters. The van der Waals surface area contributed by atoms with E-state index < -0.39 is 0 Å². The Labute approximate surface area is 133 Å². The van der Waals surface area contributed by atoms with E-state index in [2.05, 4.69) is 22.9 Å². The summed E-state index contributed by atoms with van der Waals surface area (Å²) in [6, 6.07) is 10.7. The smallest absolute Gasteiger partial charge is 0.166 e. The van der Waals surface area contributed by atoms with Gasteiger partial charge in [-0.2, -0.15) is 0 Å². The quantitative estimate of drug-likeness (QED) is 0.825. The normalized spacial score (nSPS) is 12.2. The van der Waals surface area contributed by atoms with Crippen molar-refractivity contribution in [3.05, 3.63) is 57.8 Å². The largest absolute Gasteiger partial charge is 0.454 e. The van der Waals surface area contributed by atoms with Crippen molar-refractivity contribution in [2.24, 2.45) is 5.73 Å². The minimum Gasteiger partial charge on any atom is -0.454 e. The highest BCUT2D eigenvalue weighted by atomic mass is 79.9. The minimum atomic E-state index is -0.390. The zero-order valence-electron chi connectivity index (χ0n) is 12.2. The summed E-state index contributed by atoms with van der Waals surface area (Å²) in [6.07, 6.45) is 1.79. The van der Waals surface area contributed by atoms with Gasteiger partial charge >= 0.3 is 0 Å². The van der Waals surface area contributed by atoms with Crippen LogP contribution in [0, 0.1) is 12.7 Å². The first kappa shape index (κ1) is 16.0. The maximum absolute atomic E-state index is 13.8. The second-order valence-corrected chi connectivity index (χ2v) is 6.05. The Morgan fingerprint density at radius 2 is 2.00 bits per heavy atom. The molecule has 1 atom stereocenters. The third-order valence-electron chi connectivity index (χ3n) is 3.44. The van der Waals surface area contributed by atoms with Crippen LogP contribution in [0.25, 0.3) is 0 Å². The first-order chi connectivity index (χ1) is 9.99. The third-order valence-corrected chi connectivity index (χ3v) is 3.94. The van der Waals surface area contributed by atoms with Crippen LogP contribution in [0.15, 0.2) is 40.9 Å². The molecule has 0 radical (unpaired) electrons. The number of ether oxygens (including phenoxy) is 1. The molecule has 0 bridgehead atoms. The summed E-state index contributed by atoms with van der Waals surface area (Å²) in [5, 5.41) is 0. The maximum atomic E-state index is 13.8. The number of rotatable bonds is 5. The summed E-state index contributed by atoms with van der Waals surface area (Å²) in [5.41, 5.74) is 8.29. The van der Waals surface area contributed by atoms with Crippen LogP contribution in [0.4, 0.5) is 4.39 Å². The van der Waals surface area contributed by atoms with E-state index in [1.54, 1.807) is 12.1 Å². The van der Waals surface area contributed by atoms with Gasteiger partial charge in [0.05, 0.1) is 0 Å². The lowest BCUT2D eigenvalue weighted by Gasteiger charge is -2.13. The van der Waals surface area contributed by atoms with Crippen LogP contribution in [-0.2, 0) is 6.42 Å². The average molecular weight is 352 g/mol. The van der Waals surface area contributed by atoms with Gasteiger partial charge in [-0.15, -0.1) is 0 Å². The van der Waals surface area contributed by atoms with Crippen molar-refractivity contribution in [3.63, 3.8) is 0 Å². The summed E-state index contributed by atoms with van der Waals surface area (Å²) in [7, 11) is 0. The number of benzene rings is 2. The van der Waals surface area contributed by atoms with E-state index in [1.165, 1.54) is 11.6 Å². The molecule has 0 saturated heterocycles. The lowest BCUT2D eigenvalue weighted by molar-refractivity contribution is 0.441. The molecule has 2 nitrogen and oxygen atoms in total. The molecule has 2 aromatic rings. The van der Waals surface area contributed by atoms with E-state index in [1.807, 2.05) is 25.1 Å². The van der Waals surface area contributed by atoms with Gasteiger partial charge in [0.1, 0.15) is 5.75 Å². The third kappa shape index (κ3) is 4.29. The standard InChI is InChI=1S/C17H19BrFNO/c1-3-14(20)9-12-4-6-15(8-11(12)2)21-17-7-5-13(18)10-16(17)19/h4-8,10,14H,3,9,20H2,1-2H3. The summed E-state index contributed by atoms with van der Waals surface area (Å²) < 4.78 is 20.1. The Balaban J connectivity index is 2.16. The highest BCUT2D eigenvalue weighted by molar-refractivity contribution is 9.10. The molecule has 2 N–H and O–H groups in total.